The first-order chi connectivity index (χ1) is 12.8. The van der Waals surface area contributed by atoms with Gasteiger partial charge >= 0.3 is 0 Å². The average Bonchev–Trinajstić information content (AvgIpc) is 2.65. The quantitative estimate of drug-likeness (QED) is 0.833. The molecule has 0 amide bonds. The molecule has 1 heterocycles. The summed E-state index contributed by atoms with van der Waals surface area (Å²) in [4.78, 5) is 8.85. The third kappa shape index (κ3) is 3.00. The molecule has 2 aromatic rings. The molecule has 4 aliphatic rings. The van der Waals surface area contributed by atoms with E-state index in [1.165, 1.54) is 32.1 Å². The Balaban J connectivity index is 1.29. The number of ether oxygens (including phenoxy) is 1. The third-order valence-electron chi connectivity index (χ3n) is 6.57. The van der Waals surface area contributed by atoms with E-state index in [0.29, 0.717) is 6.04 Å². The summed E-state index contributed by atoms with van der Waals surface area (Å²) >= 11 is 0. The number of hydrogen-bond donors (Lipinski definition) is 2. The molecule has 1 aromatic heterocycles. The number of rotatable bonds is 5. The van der Waals surface area contributed by atoms with Crippen LogP contribution >= 0.6 is 0 Å². The van der Waals surface area contributed by atoms with Gasteiger partial charge in [0.25, 0.3) is 0 Å². The number of anilines is 3. The molecule has 4 bridgehead atoms. The minimum Gasteiger partial charge on any atom is -0.497 e. The Bertz CT molecular complexity index is 748. The van der Waals surface area contributed by atoms with Gasteiger partial charge in [-0.05, 0) is 80.0 Å². The number of hydrogen-bond acceptors (Lipinski definition) is 5. The fourth-order valence-electron chi connectivity index (χ4n) is 5.66. The van der Waals surface area contributed by atoms with Crippen LogP contribution in [0.15, 0.2) is 36.7 Å². The Kier molecular flexibility index (Phi) is 3.95. The molecule has 26 heavy (non-hydrogen) atoms. The maximum Gasteiger partial charge on any atom is 0.135 e. The lowest BCUT2D eigenvalue weighted by Gasteiger charge is -2.54. The molecule has 0 atom stereocenters. The van der Waals surface area contributed by atoms with Crippen molar-refractivity contribution in [3.05, 3.63) is 36.7 Å². The van der Waals surface area contributed by atoms with Gasteiger partial charge in [-0.3, -0.25) is 0 Å². The van der Waals surface area contributed by atoms with Crippen molar-refractivity contribution in [1.82, 2.24) is 9.97 Å². The van der Waals surface area contributed by atoms with Crippen molar-refractivity contribution in [2.45, 2.75) is 38.1 Å². The third-order valence-corrected chi connectivity index (χ3v) is 6.57. The molecule has 0 aliphatic heterocycles. The van der Waals surface area contributed by atoms with Crippen molar-refractivity contribution >= 4 is 17.3 Å². The molecule has 4 fully saturated rings. The van der Waals surface area contributed by atoms with Crippen molar-refractivity contribution in [2.24, 2.45) is 23.7 Å². The smallest absolute Gasteiger partial charge is 0.135 e. The molecule has 5 nitrogen and oxygen atoms in total. The van der Waals surface area contributed by atoms with Crippen LogP contribution in [-0.2, 0) is 0 Å². The predicted molar refractivity (Wildman–Crippen MR) is 103 cm³/mol. The normalized spacial score (nSPS) is 31.7. The number of nitrogens with zero attached hydrogens (tertiary/aromatic N) is 2. The summed E-state index contributed by atoms with van der Waals surface area (Å²) in [5.41, 5.74) is 0.991. The lowest BCUT2D eigenvalue weighted by Crippen LogP contribution is -2.51. The minimum absolute atomic E-state index is 0.589. The van der Waals surface area contributed by atoms with Crippen molar-refractivity contribution < 1.29 is 4.74 Å². The molecule has 4 aliphatic carbocycles. The second-order valence-electron chi connectivity index (χ2n) is 8.24. The van der Waals surface area contributed by atoms with Gasteiger partial charge in [0.05, 0.1) is 7.11 Å². The SMILES string of the molecule is COc1ccc(Nc2cc(NC3C4CC5CC(C4)CC3C5)ncn2)cc1. The highest BCUT2D eigenvalue weighted by Gasteiger charge is 2.48. The summed E-state index contributed by atoms with van der Waals surface area (Å²) in [6.45, 7) is 0. The van der Waals surface area contributed by atoms with Crippen LogP contribution in [-0.4, -0.2) is 23.1 Å². The average molecular weight is 350 g/mol. The molecule has 0 unspecified atom stereocenters. The molecule has 0 spiro atoms. The van der Waals surface area contributed by atoms with E-state index in [1.54, 1.807) is 13.4 Å². The van der Waals surface area contributed by atoms with E-state index in [9.17, 15) is 0 Å². The van der Waals surface area contributed by atoms with Crippen molar-refractivity contribution in [3.8, 4) is 5.75 Å². The van der Waals surface area contributed by atoms with Gasteiger partial charge in [-0.25, -0.2) is 9.97 Å². The molecule has 4 saturated carbocycles. The monoisotopic (exact) mass is 350 g/mol. The van der Waals surface area contributed by atoms with Gasteiger partial charge < -0.3 is 15.4 Å². The van der Waals surface area contributed by atoms with Gasteiger partial charge in [-0.15, -0.1) is 0 Å². The highest BCUT2D eigenvalue weighted by molar-refractivity contribution is 5.59. The van der Waals surface area contributed by atoms with Crippen LogP contribution in [0.5, 0.6) is 5.75 Å². The highest BCUT2D eigenvalue weighted by atomic mass is 16.5. The summed E-state index contributed by atoms with van der Waals surface area (Å²) in [6, 6.07) is 10.5. The standard InChI is InChI=1S/C21H26N4O/c1-26-18-4-2-17(3-5-18)24-19-11-20(23-12-22-19)25-21-15-7-13-6-14(9-15)10-16(21)8-13/h2-5,11-16,21H,6-10H2,1H3,(H2,22,23,24,25). The Morgan fingerprint density at radius 1 is 0.885 bits per heavy atom. The molecule has 0 radical (unpaired) electrons. The second-order valence-corrected chi connectivity index (χ2v) is 8.24. The van der Waals surface area contributed by atoms with Crippen LogP contribution in [0.3, 0.4) is 0 Å². The molecular weight excluding hydrogens is 324 g/mol. The lowest BCUT2D eigenvalue weighted by molar-refractivity contribution is 0.00741. The van der Waals surface area contributed by atoms with Gasteiger partial charge in [0, 0.05) is 17.8 Å². The first-order valence-electron chi connectivity index (χ1n) is 9.76. The Morgan fingerprint density at radius 3 is 2.19 bits per heavy atom. The first-order valence-corrected chi connectivity index (χ1v) is 9.76. The maximum absolute atomic E-state index is 5.21. The van der Waals surface area contributed by atoms with Gasteiger partial charge in [0.2, 0.25) is 0 Å². The molecule has 0 saturated heterocycles. The number of benzene rings is 1. The Hall–Kier alpha value is -2.30. The summed E-state index contributed by atoms with van der Waals surface area (Å²) in [5, 5.41) is 7.11. The maximum atomic E-state index is 5.21. The highest BCUT2D eigenvalue weighted by Crippen LogP contribution is 2.54. The molecule has 1 aromatic carbocycles. The van der Waals surface area contributed by atoms with Gasteiger partial charge in [0.1, 0.15) is 23.7 Å². The summed E-state index contributed by atoms with van der Waals surface area (Å²) < 4.78 is 5.21. The number of methoxy groups -OCH3 is 1. The zero-order chi connectivity index (χ0) is 17.5. The van der Waals surface area contributed by atoms with Crippen LogP contribution in [0.4, 0.5) is 17.3 Å². The second kappa shape index (κ2) is 6.45. The summed E-state index contributed by atoms with van der Waals surface area (Å²) in [5.74, 6) is 6.26. The van der Waals surface area contributed by atoms with Crippen LogP contribution in [0.25, 0.3) is 0 Å². The minimum atomic E-state index is 0.589. The molecule has 2 N–H and O–H groups in total. The van der Waals surface area contributed by atoms with E-state index in [2.05, 4.69) is 20.6 Å². The first kappa shape index (κ1) is 15.9. The number of nitrogens with one attached hydrogen (secondary N) is 2. The fourth-order valence-corrected chi connectivity index (χ4v) is 5.66. The largest absolute Gasteiger partial charge is 0.497 e. The molecule has 136 valence electrons. The van der Waals surface area contributed by atoms with Crippen molar-refractivity contribution in [3.63, 3.8) is 0 Å². The fraction of sp³-hybridized carbons (Fsp3) is 0.524. The molecule has 6 rings (SSSR count). The summed E-state index contributed by atoms with van der Waals surface area (Å²) in [7, 11) is 1.68. The van der Waals surface area contributed by atoms with Gasteiger partial charge in [-0.1, -0.05) is 0 Å². The van der Waals surface area contributed by atoms with E-state index in [1.807, 2.05) is 30.3 Å². The zero-order valence-corrected chi connectivity index (χ0v) is 15.2. The van der Waals surface area contributed by atoms with Crippen LogP contribution in [0.1, 0.15) is 32.1 Å². The van der Waals surface area contributed by atoms with E-state index in [-0.39, 0.29) is 0 Å². The predicted octanol–water partition coefficient (Wildman–Crippen LogP) is 4.47. The van der Waals surface area contributed by atoms with Crippen LogP contribution in [0, 0.1) is 23.7 Å². The molecule has 5 heteroatoms. The lowest BCUT2D eigenvalue weighted by atomic mass is 9.54. The van der Waals surface area contributed by atoms with E-state index < -0.39 is 0 Å². The van der Waals surface area contributed by atoms with Gasteiger partial charge in [-0.2, -0.15) is 0 Å². The van der Waals surface area contributed by atoms with Gasteiger partial charge in [0.15, 0.2) is 0 Å². The van der Waals surface area contributed by atoms with E-state index in [4.69, 9.17) is 4.74 Å². The zero-order valence-electron chi connectivity index (χ0n) is 15.2. The van der Waals surface area contributed by atoms with Crippen molar-refractivity contribution in [1.29, 1.82) is 0 Å². The van der Waals surface area contributed by atoms with Crippen LogP contribution in [0.2, 0.25) is 0 Å². The molecular formula is C21H26N4O. The van der Waals surface area contributed by atoms with E-state index >= 15 is 0 Å². The van der Waals surface area contributed by atoms with Crippen LogP contribution < -0.4 is 15.4 Å². The summed E-state index contributed by atoms with van der Waals surface area (Å²) in [6.07, 6.45) is 8.77. The van der Waals surface area contributed by atoms with Crippen molar-refractivity contribution in [2.75, 3.05) is 17.7 Å². The topological polar surface area (TPSA) is 59.1 Å². The number of aromatic nitrogens is 2. The van der Waals surface area contributed by atoms with E-state index in [0.717, 1.165) is 46.7 Å². The Labute approximate surface area is 154 Å². The Morgan fingerprint density at radius 2 is 1.54 bits per heavy atom.